The first-order chi connectivity index (χ1) is 5.97. The van der Waals surface area contributed by atoms with Crippen LogP contribution in [0.4, 0.5) is 0 Å². The fourth-order valence-corrected chi connectivity index (χ4v) is 4.40. The third kappa shape index (κ3) is 29.1. The third-order valence-corrected chi connectivity index (χ3v) is 5.85. The van der Waals surface area contributed by atoms with Crippen LogP contribution in [0.25, 0.3) is 0 Å². The Labute approximate surface area is 253 Å². The molecule has 0 aromatic carbocycles. The van der Waals surface area contributed by atoms with Gasteiger partial charge in [0.05, 0.1) is 0 Å². The Morgan fingerprint density at radius 2 is 1.05 bits per heavy atom. The molecule has 18 heteroatoms. The molecule has 1 unspecified atom stereocenters. The maximum Gasteiger partial charge on any atom is 1.00 e. The summed E-state index contributed by atoms with van der Waals surface area (Å²) in [5.41, 5.74) is 0. The molecule has 0 fully saturated rings. The monoisotopic (exact) mass is 397 g/mol. The van der Waals surface area contributed by atoms with Crippen LogP contribution in [-0.2, 0) is 12.7 Å². The minimum Gasteiger partial charge on any atom is -0.850 e. The smallest absolute Gasteiger partial charge is 0.850 e. The molecule has 0 saturated heterocycles. The van der Waals surface area contributed by atoms with Crippen molar-refractivity contribution in [1.29, 1.82) is 0 Å². The molecule has 20 heavy (non-hydrogen) atoms. The van der Waals surface area contributed by atoms with E-state index in [0.29, 0.717) is 13.7 Å². The Morgan fingerprint density at radius 1 is 0.750 bits per heavy atom. The van der Waals surface area contributed by atoms with Gasteiger partial charge < -0.3 is 41.4 Å². The summed E-state index contributed by atoms with van der Waals surface area (Å²) in [7, 11) is -15.0. The minimum absolute atomic E-state index is 0. The number of rotatable bonds is 5. The summed E-state index contributed by atoms with van der Waals surface area (Å²) in [4.78, 5) is 61.3. The van der Waals surface area contributed by atoms with Crippen LogP contribution < -0.4 is 201 Å². The second-order valence-corrected chi connectivity index (χ2v) is 8.11. The van der Waals surface area contributed by atoms with Crippen molar-refractivity contribution in [1.82, 2.24) is 0 Å². The van der Waals surface area contributed by atoms with Gasteiger partial charge in [0.2, 0.25) is 0 Å². The first kappa shape index (κ1) is 45.2. The molecule has 0 aliphatic heterocycles. The van der Waals surface area contributed by atoms with Gasteiger partial charge >= 0.3 is 186 Å². The first-order valence-corrected chi connectivity index (χ1v) is 8.70. The second kappa shape index (κ2) is 20.0. The van der Waals surface area contributed by atoms with Crippen molar-refractivity contribution < 1.29 is 219 Å². The normalized spacial score (nSPS) is 12.6. The molecule has 0 radical (unpaired) electrons. The molecule has 0 aromatic rings. The van der Waals surface area contributed by atoms with Crippen LogP contribution in [0.2, 0.25) is 6.55 Å². The van der Waals surface area contributed by atoms with Gasteiger partial charge in [0.15, 0.2) is 0 Å². The summed E-state index contributed by atoms with van der Waals surface area (Å²) in [5, 5.41) is 0. The molecule has 9 nitrogen and oxygen atoms in total. The van der Waals surface area contributed by atoms with E-state index in [1.165, 1.54) is 0 Å². The Hall–Kier alpha value is 6.29. The van der Waals surface area contributed by atoms with E-state index in [1.807, 2.05) is 0 Å². The predicted octanol–water partition coefficient (Wildman–Crippen LogP) is -25.1. The quantitative estimate of drug-likeness (QED) is 0.444. The van der Waals surface area contributed by atoms with E-state index in [9.17, 15) is 24.0 Å². The van der Waals surface area contributed by atoms with Crippen LogP contribution in [0.3, 0.4) is 0 Å². The molecule has 0 aliphatic carbocycles. The molecule has 0 rings (SSSR count). The van der Waals surface area contributed by atoms with Crippen LogP contribution in [0.5, 0.6) is 0 Å². The van der Waals surface area contributed by atoms with E-state index in [4.69, 9.17) is 4.80 Å². The fraction of sp³-hybridized carbons (Fsp3) is 1.00. The Bertz CT molecular complexity index is 203. The molecule has 0 saturated carbocycles. The third-order valence-electron chi connectivity index (χ3n) is 0.822. The maximum atomic E-state index is 10.7. The summed E-state index contributed by atoms with van der Waals surface area (Å²) in [6.45, 7) is 0.492. The zero-order valence-corrected chi connectivity index (χ0v) is 28.2. The van der Waals surface area contributed by atoms with Crippen molar-refractivity contribution in [2.24, 2.45) is 0 Å². The van der Waals surface area contributed by atoms with E-state index >= 15 is 0 Å². The second-order valence-electron chi connectivity index (χ2n) is 2.29. The van der Waals surface area contributed by atoms with E-state index in [1.54, 1.807) is 0 Å². The summed E-state index contributed by atoms with van der Waals surface area (Å²) in [6, 6.07) is 0. The number of hydrogen-bond donors (Lipinski definition) is 1. The zero-order chi connectivity index (χ0) is 11.6. The van der Waals surface area contributed by atoms with Crippen molar-refractivity contribution in [3.05, 3.63) is 0 Å². The predicted molar refractivity (Wildman–Crippen MR) is 34.5 cm³/mol. The summed E-state index contributed by atoms with van der Waals surface area (Å²) in [5.74, 6) is 0. The molecule has 0 aliphatic rings. The SMILES string of the molecule is CO[Si]([O-])(O)O[Si]([O-])([O-])O[Si](C)([O-])[O-].[Na+].[Na+].[Na+].[Na+].[Na+].[Na+]. The summed E-state index contributed by atoms with van der Waals surface area (Å²) in [6.07, 6.45) is 0. The molecule has 0 bridgehead atoms. The van der Waals surface area contributed by atoms with Gasteiger partial charge in [-0.1, -0.05) is 6.55 Å². The van der Waals surface area contributed by atoms with Crippen LogP contribution in [0, 0.1) is 0 Å². The van der Waals surface area contributed by atoms with Crippen molar-refractivity contribution in [2.75, 3.05) is 7.11 Å². The Morgan fingerprint density at radius 3 is 1.25 bits per heavy atom. The van der Waals surface area contributed by atoms with Gasteiger partial charge in [0.1, 0.15) is 9.05 Å². The Kier molecular flexibility index (Phi) is 45.3. The average Bonchev–Trinajstić information content (AvgIpc) is 1.78. The van der Waals surface area contributed by atoms with Crippen molar-refractivity contribution in [3.63, 3.8) is 0 Å². The standard InChI is InChI=1S/C2H7O9Si3.6Na/c1-9-13(5,6)11-14(7,8)10-12(2,3)4;;;;;;/h5H,1-2H3;;;;;;/q-5;6*+1. The Balaban J connectivity index is -0.0000000563. The molecule has 1 atom stereocenters. The van der Waals surface area contributed by atoms with Crippen molar-refractivity contribution >= 4 is 26.9 Å². The van der Waals surface area contributed by atoms with Gasteiger partial charge in [-0.3, -0.25) is 0 Å². The van der Waals surface area contributed by atoms with E-state index < -0.39 is 26.9 Å². The van der Waals surface area contributed by atoms with Gasteiger partial charge in [-0.25, -0.2) is 0 Å². The summed E-state index contributed by atoms with van der Waals surface area (Å²) < 4.78 is 10.8. The molecule has 0 spiro atoms. The van der Waals surface area contributed by atoms with Crippen molar-refractivity contribution in [3.8, 4) is 0 Å². The van der Waals surface area contributed by atoms with Gasteiger partial charge in [0.25, 0.3) is 0 Å². The fourth-order valence-electron chi connectivity index (χ4n) is 0.448. The van der Waals surface area contributed by atoms with Crippen LogP contribution in [0.1, 0.15) is 0 Å². The van der Waals surface area contributed by atoms with Gasteiger partial charge in [0, 0.05) is 7.11 Å². The van der Waals surface area contributed by atoms with Crippen LogP contribution in [0.15, 0.2) is 0 Å². The molecular weight excluding hydrogens is 390 g/mol. The van der Waals surface area contributed by atoms with Gasteiger partial charge in [-0.2, -0.15) is 0 Å². The molecule has 86 valence electrons. The van der Waals surface area contributed by atoms with Crippen LogP contribution in [-0.4, -0.2) is 38.8 Å². The molecule has 0 amide bonds. The summed E-state index contributed by atoms with van der Waals surface area (Å²) >= 11 is 0. The average molecular weight is 397 g/mol. The number of hydrogen-bond acceptors (Lipinski definition) is 9. The molecule has 1 N–H and O–H groups in total. The van der Waals surface area contributed by atoms with Crippen LogP contribution >= 0.6 is 0 Å². The topological polar surface area (TPSA) is 163 Å². The van der Waals surface area contributed by atoms with E-state index in [-0.39, 0.29) is 177 Å². The minimum atomic E-state index is -5.68. The first-order valence-electron chi connectivity index (χ1n) is 3.17. The molecular formula is C2H7Na6O9Si3+. The van der Waals surface area contributed by atoms with Gasteiger partial charge in [-0.15, -0.1) is 0 Å². The zero-order valence-electron chi connectivity index (χ0n) is 13.2. The largest absolute Gasteiger partial charge is 1.00 e. The van der Waals surface area contributed by atoms with E-state index in [0.717, 1.165) is 0 Å². The van der Waals surface area contributed by atoms with Crippen molar-refractivity contribution in [2.45, 2.75) is 6.55 Å². The van der Waals surface area contributed by atoms with E-state index in [2.05, 4.69) is 12.7 Å². The van der Waals surface area contributed by atoms with Gasteiger partial charge in [-0.05, 0) is 8.80 Å². The molecule has 0 heterocycles. The maximum absolute atomic E-state index is 10.7. The molecule has 0 aromatic heterocycles.